The SMILES string of the molecule is COC(=O)C(N)CCSCCC(C)(C)OC. The Balaban J connectivity index is 3.51. The molecule has 2 N–H and O–H groups in total. The van der Waals surface area contributed by atoms with Crippen LogP contribution in [0.4, 0.5) is 0 Å². The van der Waals surface area contributed by atoms with Gasteiger partial charge in [-0.2, -0.15) is 11.8 Å². The van der Waals surface area contributed by atoms with Crippen LogP contribution in [-0.2, 0) is 14.3 Å². The summed E-state index contributed by atoms with van der Waals surface area (Å²) in [4.78, 5) is 11.0. The summed E-state index contributed by atoms with van der Waals surface area (Å²) in [5.41, 5.74) is 5.54. The number of carbonyl (C=O) groups is 1. The van der Waals surface area contributed by atoms with Crippen LogP contribution in [0.5, 0.6) is 0 Å². The normalized spacial score (nSPS) is 13.6. The van der Waals surface area contributed by atoms with Crippen LogP contribution < -0.4 is 5.73 Å². The molecule has 0 spiro atoms. The van der Waals surface area contributed by atoms with Crippen LogP contribution in [0.2, 0.25) is 0 Å². The van der Waals surface area contributed by atoms with Gasteiger partial charge >= 0.3 is 5.97 Å². The van der Waals surface area contributed by atoms with Gasteiger partial charge in [0.2, 0.25) is 0 Å². The van der Waals surface area contributed by atoms with Crippen LogP contribution in [0.3, 0.4) is 0 Å². The van der Waals surface area contributed by atoms with Crippen molar-refractivity contribution in [3.63, 3.8) is 0 Å². The van der Waals surface area contributed by atoms with E-state index in [1.54, 1.807) is 18.9 Å². The molecule has 4 nitrogen and oxygen atoms in total. The van der Waals surface area contributed by atoms with Crippen molar-refractivity contribution in [1.82, 2.24) is 0 Å². The molecule has 0 aliphatic heterocycles. The van der Waals surface area contributed by atoms with Crippen LogP contribution in [0.25, 0.3) is 0 Å². The van der Waals surface area contributed by atoms with E-state index in [2.05, 4.69) is 18.6 Å². The number of carbonyl (C=O) groups excluding carboxylic acids is 1. The Bertz CT molecular complexity index is 209. The van der Waals surface area contributed by atoms with Gasteiger partial charge < -0.3 is 15.2 Å². The summed E-state index contributed by atoms with van der Waals surface area (Å²) in [6.45, 7) is 4.13. The molecule has 16 heavy (non-hydrogen) atoms. The van der Waals surface area contributed by atoms with Crippen molar-refractivity contribution in [2.75, 3.05) is 25.7 Å². The molecule has 0 aliphatic carbocycles. The number of thioether (sulfide) groups is 1. The van der Waals surface area contributed by atoms with Crippen LogP contribution in [0, 0.1) is 0 Å². The Morgan fingerprint density at radius 3 is 2.50 bits per heavy atom. The van der Waals surface area contributed by atoms with Crippen molar-refractivity contribution in [2.45, 2.75) is 38.3 Å². The molecule has 1 atom stereocenters. The third kappa shape index (κ3) is 7.09. The van der Waals surface area contributed by atoms with Crippen LogP contribution in [0.1, 0.15) is 26.7 Å². The lowest BCUT2D eigenvalue weighted by molar-refractivity contribution is -0.142. The van der Waals surface area contributed by atoms with Crippen molar-refractivity contribution < 1.29 is 14.3 Å². The molecular weight excluding hydrogens is 226 g/mol. The average molecular weight is 249 g/mol. The molecule has 1 unspecified atom stereocenters. The van der Waals surface area contributed by atoms with Gasteiger partial charge in [-0.25, -0.2) is 0 Å². The molecule has 5 heteroatoms. The van der Waals surface area contributed by atoms with E-state index >= 15 is 0 Å². The highest BCUT2D eigenvalue weighted by molar-refractivity contribution is 7.99. The van der Waals surface area contributed by atoms with Gasteiger partial charge in [0, 0.05) is 7.11 Å². The number of hydrogen-bond donors (Lipinski definition) is 1. The molecule has 0 aliphatic rings. The largest absolute Gasteiger partial charge is 0.468 e. The van der Waals surface area contributed by atoms with Gasteiger partial charge in [-0.15, -0.1) is 0 Å². The second-order valence-electron chi connectivity index (χ2n) is 4.24. The molecular formula is C11H23NO3S. The van der Waals surface area contributed by atoms with Gasteiger partial charge in [0.25, 0.3) is 0 Å². The highest BCUT2D eigenvalue weighted by Crippen LogP contribution is 2.17. The van der Waals surface area contributed by atoms with Crippen molar-refractivity contribution in [1.29, 1.82) is 0 Å². The number of ether oxygens (including phenoxy) is 2. The fourth-order valence-corrected chi connectivity index (χ4v) is 2.26. The first-order valence-corrected chi connectivity index (χ1v) is 6.54. The van der Waals surface area contributed by atoms with Gasteiger partial charge in [0.1, 0.15) is 6.04 Å². The first kappa shape index (κ1) is 15.7. The zero-order valence-corrected chi connectivity index (χ0v) is 11.4. The summed E-state index contributed by atoms with van der Waals surface area (Å²) in [5.74, 6) is 1.54. The van der Waals surface area contributed by atoms with Crippen molar-refractivity contribution >= 4 is 17.7 Å². The number of hydrogen-bond acceptors (Lipinski definition) is 5. The topological polar surface area (TPSA) is 61.5 Å². The molecule has 0 aromatic heterocycles. The van der Waals surface area contributed by atoms with E-state index in [-0.39, 0.29) is 11.6 Å². The van der Waals surface area contributed by atoms with Crippen molar-refractivity contribution in [3.05, 3.63) is 0 Å². The summed E-state index contributed by atoms with van der Waals surface area (Å²) < 4.78 is 9.86. The zero-order valence-electron chi connectivity index (χ0n) is 10.6. The van der Waals surface area contributed by atoms with Gasteiger partial charge in [-0.1, -0.05) is 0 Å². The molecule has 0 amide bonds. The molecule has 0 aromatic rings. The third-order valence-corrected chi connectivity index (χ3v) is 3.50. The van der Waals surface area contributed by atoms with Gasteiger partial charge in [-0.05, 0) is 38.2 Å². The minimum Gasteiger partial charge on any atom is -0.468 e. The summed E-state index contributed by atoms with van der Waals surface area (Å²) in [6, 6.07) is -0.493. The maximum absolute atomic E-state index is 11.0. The highest BCUT2D eigenvalue weighted by atomic mass is 32.2. The highest BCUT2D eigenvalue weighted by Gasteiger charge is 2.16. The van der Waals surface area contributed by atoms with Crippen LogP contribution >= 0.6 is 11.8 Å². The van der Waals surface area contributed by atoms with Gasteiger partial charge in [0.05, 0.1) is 12.7 Å². The van der Waals surface area contributed by atoms with Crippen LogP contribution in [-0.4, -0.2) is 43.3 Å². The maximum Gasteiger partial charge on any atom is 0.322 e. The van der Waals surface area contributed by atoms with E-state index in [1.807, 2.05) is 0 Å². The Kier molecular flexibility index (Phi) is 7.80. The minimum atomic E-state index is -0.493. The molecule has 0 aromatic carbocycles. The van der Waals surface area contributed by atoms with Gasteiger partial charge in [0.15, 0.2) is 0 Å². The van der Waals surface area contributed by atoms with E-state index in [0.717, 1.165) is 17.9 Å². The van der Waals surface area contributed by atoms with Crippen molar-refractivity contribution in [2.24, 2.45) is 5.73 Å². The molecule has 96 valence electrons. The molecule has 0 saturated carbocycles. The summed E-state index contributed by atoms with van der Waals surface area (Å²) >= 11 is 1.78. The van der Waals surface area contributed by atoms with E-state index in [1.165, 1.54) is 7.11 Å². The Morgan fingerprint density at radius 1 is 1.38 bits per heavy atom. The number of nitrogens with two attached hydrogens (primary N) is 1. The van der Waals surface area contributed by atoms with E-state index in [4.69, 9.17) is 10.5 Å². The lowest BCUT2D eigenvalue weighted by atomic mass is 10.1. The smallest absolute Gasteiger partial charge is 0.322 e. The fourth-order valence-electron chi connectivity index (χ4n) is 1.00. The lowest BCUT2D eigenvalue weighted by Crippen LogP contribution is -2.32. The molecule has 0 radical (unpaired) electrons. The second-order valence-corrected chi connectivity index (χ2v) is 5.47. The number of rotatable bonds is 8. The quantitative estimate of drug-likeness (QED) is 0.521. The summed E-state index contributed by atoms with van der Waals surface area (Å²) in [7, 11) is 3.08. The van der Waals surface area contributed by atoms with E-state index in [0.29, 0.717) is 6.42 Å². The predicted octanol–water partition coefficient (Wildman–Crippen LogP) is 1.43. The molecule has 0 fully saturated rings. The van der Waals surface area contributed by atoms with E-state index in [9.17, 15) is 4.79 Å². The van der Waals surface area contributed by atoms with Crippen molar-refractivity contribution in [3.8, 4) is 0 Å². The zero-order chi connectivity index (χ0) is 12.6. The maximum atomic E-state index is 11.0. The summed E-state index contributed by atoms with van der Waals surface area (Å²) in [5, 5.41) is 0. The Morgan fingerprint density at radius 2 is 2.00 bits per heavy atom. The monoisotopic (exact) mass is 249 g/mol. The second kappa shape index (κ2) is 7.92. The Labute approximate surface area is 102 Å². The van der Waals surface area contributed by atoms with E-state index < -0.39 is 6.04 Å². The molecule has 0 bridgehead atoms. The fraction of sp³-hybridized carbons (Fsp3) is 0.909. The molecule has 0 saturated heterocycles. The lowest BCUT2D eigenvalue weighted by Gasteiger charge is -2.22. The number of esters is 1. The third-order valence-electron chi connectivity index (χ3n) is 2.48. The molecule has 0 heterocycles. The predicted molar refractivity (Wildman–Crippen MR) is 67.6 cm³/mol. The first-order valence-electron chi connectivity index (χ1n) is 5.39. The van der Waals surface area contributed by atoms with Gasteiger partial charge in [-0.3, -0.25) is 4.79 Å². The summed E-state index contributed by atoms with van der Waals surface area (Å²) in [6.07, 6.45) is 1.65. The Hall–Kier alpha value is -0.260. The molecule has 0 rings (SSSR count). The number of methoxy groups -OCH3 is 2. The average Bonchev–Trinajstić information content (AvgIpc) is 2.27. The van der Waals surface area contributed by atoms with Crippen LogP contribution in [0.15, 0.2) is 0 Å². The first-order chi connectivity index (χ1) is 7.43. The minimum absolute atomic E-state index is 0.0720. The standard InChI is InChI=1S/C11H23NO3S/c1-11(2,15-4)6-8-16-7-5-9(12)10(13)14-3/h9H,5-8,12H2,1-4H3.